The lowest BCUT2D eigenvalue weighted by Crippen LogP contribution is -2.31. The van der Waals surface area contributed by atoms with E-state index in [1.807, 2.05) is 6.92 Å². The molecule has 4 rings (SSSR count). The van der Waals surface area contributed by atoms with Crippen molar-refractivity contribution in [2.45, 2.75) is 54.0 Å². The van der Waals surface area contributed by atoms with Crippen molar-refractivity contribution in [1.29, 1.82) is 0 Å². The van der Waals surface area contributed by atoms with Gasteiger partial charge in [0, 0.05) is 6.92 Å². The zero-order valence-corrected chi connectivity index (χ0v) is 23.7. The van der Waals surface area contributed by atoms with Crippen LogP contribution in [0.25, 0.3) is 0 Å². The number of aliphatic hydroxyl groups excluding tert-OH is 1. The molecule has 3 heterocycles. The van der Waals surface area contributed by atoms with E-state index in [0.717, 1.165) is 17.8 Å². The predicted molar refractivity (Wildman–Crippen MR) is 147 cm³/mol. The minimum Gasteiger partial charge on any atom is -0.503 e. The molecule has 206 valence electrons. The molecule has 1 atom stereocenters. The molecule has 1 aliphatic rings. The number of benzene rings is 1. The standard InChI is InChI=1S/C29H32N2O7S/c1-7-36-22-14-19(9-11-20(22)37-13-12-15(2)3)24-23(25(33)21-10-8-16(4)38-21)26(34)28(35)31(24)29-30-17(5)27(39-29)18(6)32/h8-11,14-15,24,34H,7,12-13H2,1-6H3. The van der Waals surface area contributed by atoms with Crippen LogP contribution in [0.1, 0.15) is 77.4 Å². The lowest BCUT2D eigenvalue weighted by Gasteiger charge is -2.25. The fourth-order valence-corrected chi connectivity index (χ4v) is 5.33. The summed E-state index contributed by atoms with van der Waals surface area (Å²) in [5, 5.41) is 11.2. The van der Waals surface area contributed by atoms with Gasteiger partial charge in [0.15, 0.2) is 33.9 Å². The van der Waals surface area contributed by atoms with E-state index < -0.39 is 23.5 Å². The summed E-state index contributed by atoms with van der Waals surface area (Å²) in [5.41, 5.74) is 0.803. The number of carbonyl (C=O) groups is 3. The number of thiazole rings is 1. The highest BCUT2D eigenvalue weighted by Crippen LogP contribution is 2.45. The largest absolute Gasteiger partial charge is 0.503 e. The van der Waals surface area contributed by atoms with Gasteiger partial charge in [0.05, 0.1) is 35.4 Å². The number of aromatic nitrogens is 1. The van der Waals surface area contributed by atoms with Crippen LogP contribution in [-0.2, 0) is 4.79 Å². The number of ketones is 2. The van der Waals surface area contributed by atoms with E-state index in [4.69, 9.17) is 13.9 Å². The minimum absolute atomic E-state index is 0.00730. The molecular formula is C29H32N2O7S. The number of amides is 1. The van der Waals surface area contributed by atoms with Crippen LogP contribution in [0.15, 0.2) is 46.1 Å². The second-order valence-corrected chi connectivity index (χ2v) is 10.7. The molecule has 1 aliphatic heterocycles. The normalized spacial score (nSPS) is 15.4. The summed E-state index contributed by atoms with van der Waals surface area (Å²) in [6.45, 7) is 11.7. The molecule has 1 N–H and O–H groups in total. The smallest absolute Gasteiger partial charge is 0.296 e. The van der Waals surface area contributed by atoms with Crippen molar-refractivity contribution in [3.63, 3.8) is 0 Å². The van der Waals surface area contributed by atoms with Crippen LogP contribution in [0.4, 0.5) is 5.13 Å². The average molecular weight is 553 g/mol. The second-order valence-electron chi connectivity index (χ2n) is 9.72. The zero-order valence-electron chi connectivity index (χ0n) is 22.9. The van der Waals surface area contributed by atoms with Crippen LogP contribution in [-0.4, -0.2) is 40.8 Å². The summed E-state index contributed by atoms with van der Waals surface area (Å²) >= 11 is 1.03. The van der Waals surface area contributed by atoms with E-state index in [2.05, 4.69) is 18.8 Å². The number of nitrogens with zero attached hydrogens (tertiary/aromatic N) is 2. The SMILES string of the molecule is CCOc1cc(C2C(C(=O)c3ccc(C)o3)=C(O)C(=O)N2c2nc(C)c(C(C)=O)s2)ccc1OCCC(C)C. The molecule has 1 aromatic carbocycles. The van der Waals surface area contributed by atoms with Crippen LogP contribution in [0, 0.1) is 19.8 Å². The Kier molecular flexibility index (Phi) is 8.25. The van der Waals surface area contributed by atoms with Crippen molar-refractivity contribution in [2.75, 3.05) is 18.1 Å². The fraction of sp³-hybridized carbons (Fsp3) is 0.379. The van der Waals surface area contributed by atoms with Gasteiger partial charge in [0.1, 0.15) is 5.76 Å². The molecule has 1 unspecified atom stereocenters. The maximum atomic E-state index is 13.6. The molecule has 0 saturated carbocycles. The van der Waals surface area contributed by atoms with Crippen LogP contribution >= 0.6 is 11.3 Å². The molecule has 2 aromatic heterocycles. The van der Waals surface area contributed by atoms with Gasteiger partial charge in [-0.1, -0.05) is 31.3 Å². The number of anilines is 1. The molecule has 1 amide bonds. The molecule has 0 radical (unpaired) electrons. The van der Waals surface area contributed by atoms with Gasteiger partial charge in [-0.25, -0.2) is 4.98 Å². The monoisotopic (exact) mass is 552 g/mol. The first-order valence-corrected chi connectivity index (χ1v) is 13.6. The van der Waals surface area contributed by atoms with E-state index in [1.54, 1.807) is 38.1 Å². The highest BCUT2D eigenvalue weighted by Gasteiger charge is 2.47. The first kappa shape index (κ1) is 28.1. The van der Waals surface area contributed by atoms with Crippen molar-refractivity contribution in [3.05, 3.63) is 69.3 Å². The summed E-state index contributed by atoms with van der Waals surface area (Å²) in [4.78, 5) is 45.3. The third kappa shape index (κ3) is 5.61. The highest BCUT2D eigenvalue weighted by molar-refractivity contribution is 7.17. The first-order valence-electron chi connectivity index (χ1n) is 12.8. The number of furan rings is 1. The molecule has 3 aromatic rings. The lowest BCUT2D eigenvalue weighted by atomic mass is 9.95. The van der Waals surface area contributed by atoms with Crippen molar-refractivity contribution in [1.82, 2.24) is 4.98 Å². The molecule has 0 bridgehead atoms. The van der Waals surface area contributed by atoms with Crippen LogP contribution in [0.2, 0.25) is 0 Å². The second kappa shape index (κ2) is 11.4. The van der Waals surface area contributed by atoms with E-state index >= 15 is 0 Å². The van der Waals surface area contributed by atoms with Crippen molar-refractivity contribution in [2.24, 2.45) is 5.92 Å². The van der Waals surface area contributed by atoms with Gasteiger partial charge in [-0.05, 0) is 62.9 Å². The third-order valence-electron chi connectivity index (χ3n) is 6.26. The van der Waals surface area contributed by atoms with Crippen molar-refractivity contribution >= 4 is 33.9 Å². The first-order chi connectivity index (χ1) is 18.5. The van der Waals surface area contributed by atoms with Gasteiger partial charge in [-0.15, -0.1) is 0 Å². The van der Waals surface area contributed by atoms with Gasteiger partial charge in [-0.3, -0.25) is 19.3 Å². The number of Topliss-reactive ketones (excluding diaryl/α,β-unsaturated/α-hetero) is 2. The minimum atomic E-state index is -1.05. The zero-order chi connectivity index (χ0) is 28.4. The molecule has 0 saturated heterocycles. The van der Waals surface area contributed by atoms with Crippen LogP contribution in [0.5, 0.6) is 11.5 Å². The van der Waals surface area contributed by atoms with Gasteiger partial charge in [0.2, 0.25) is 5.78 Å². The van der Waals surface area contributed by atoms with Crippen molar-refractivity contribution in [3.8, 4) is 11.5 Å². The van der Waals surface area contributed by atoms with E-state index in [0.29, 0.717) is 52.5 Å². The van der Waals surface area contributed by atoms with E-state index in [9.17, 15) is 19.5 Å². The van der Waals surface area contributed by atoms with Crippen LogP contribution in [0.3, 0.4) is 0 Å². The maximum absolute atomic E-state index is 13.6. The topological polar surface area (TPSA) is 119 Å². The number of aliphatic hydroxyl groups is 1. The molecule has 0 aliphatic carbocycles. The Labute approximate surface area is 231 Å². The summed E-state index contributed by atoms with van der Waals surface area (Å²) in [5.74, 6) is -0.380. The van der Waals surface area contributed by atoms with Gasteiger partial charge in [-0.2, -0.15) is 0 Å². The summed E-state index contributed by atoms with van der Waals surface area (Å²) in [6, 6.07) is 7.24. The molecule has 10 heteroatoms. The number of hydrogen-bond acceptors (Lipinski definition) is 9. The van der Waals surface area contributed by atoms with Gasteiger partial charge in [0.25, 0.3) is 5.91 Å². The Morgan fingerprint density at radius 3 is 2.49 bits per heavy atom. The molecular weight excluding hydrogens is 520 g/mol. The Morgan fingerprint density at radius 1 is 1.15 bits per heavy atom. The van der Waals surface area contributed by atoms with E-state index in [1.165, 1.54) is 17.9 Å². The Bertz CT molecular complexity index is 1450. The summed E-state index contributed by atoms with van der Waals surface area (Å²) in [6.07, 6.45) is 0.859. The number of rotatable bonds is 11. The third-order valence-corrected chi connectivity index (χ3v) is 7.52. The Balaban J connectivity index is 1.84. The maximum Gasteiger partial charge on any atom is 0.296 e. The quantitative estimate of drug-likeness (QED) is 0.281. The average Bonchev–Trinajstić information content (AvgIpc) is 3.55. The van der Waals surface area contributed by atoms with Crippen LogP contribution < -0.4 is 14.4 Å². The molecule has 0 spiro atoms. The van der Waals surface area contributed by atoms with E-state index in [-0.39, 0.29) is 22.2 Å². The predicted octanol–water partition coefficient (Wildman–Crippen LogP) is 6.16. The lowest BCUT2D eigenvalue weighted by molar-refractivity contribution is -0.117. The number of hydrogen-bond donors (Lipinski definition) is 1. The summed E-state index contributed by atoms with van der Waals surface area (Å²) in [7, 11) is 0. The highest BCUT2D eigenvalue weighted by atomic mass is 32.1. The molecule has 0 fully saturated rings. The molecule has 39 heavy (non-hydrogen) atoms. The van der Waals surface area contributed by atoms with Crippen molar-refractivity contribution < 1.29 is 33.4 Å². The fourth-order valence-electron chi connectivity index (χ4n) is 4.34. The Morgan fingerprint density at radius 2 is 1.90 bits per heavy atom. The van der Waals surface area contributed by atoms with Gasteiger partial charge < -0.3 is 19.0 Å². The van der Waals surface area contributed by atoms with Gasteiger partial charge >= 0.3 is 0 Å². The number of aryl methyl sites for hydroxylation is 2. The number of ether oxygens (including phenoxy) is 2. The summed E-state index contributed by atoms with van der Waals surface area (Å²) < 4.78 is 17.4. The molecule has 9 nitrogen and oxygen atoms in total. The number of carbonyl (C=O) groups excluding carboxylic acids is 3. The Hall–Kier alpha value is -3.92.